The highest BCUT2D eigenvalue weighted by molar-refractivity contribution is 9.10. The quantitative estimate of drug-likeness (QED) is 0.805. The van der Waals surface area contributed by atoms with Crippen LogP contribution in [0.2, 0.25) is 0 Å². The maximum atomic E-state index is 12.4. The molecule has 8 heteroatoms. The molecule has 0 spiro atoms. The number of aryl methyl sites for hydroxylation is 1. The number of carbonyl (C=O) groups is 2. The summed E-state index contributed by atoms with van der Waals surface area (Å²) in [4.78, 5) is 27.9. The zero-order chi connectivity index (χ0) is 17.1. The Hall–Kier alpha value is -1.93. The number of aromatic nitrogens is 1. The first kappa shape index (κ1) is 17.4. The van der Waals surface area contributed by atoms with Gasteiger partial charge in [-0.15, -0.1) is 11.3 Å². The van der Waals surface area contributed by atoms with Crippen LogP contribution >= 0.6 is 27.3 Å². The van der Waals surface area contributed by atoms with Crippen molar-refractivity contribution >= 4 is 39.1 Å². The largest absolute Gasteiger partial charge is 0.496 e. The van der Waals surface area contributed by atoms with Crippen LogP contribution in [0.5, 0.6) is 5.75 Å². The fourth-order valence-corrected chi connectivity index (χ4v) is 3.24. The van der Waals surface area contributed by atoms with Gasteiger partial charge in [-0.3, -0.25) is 4.79 Å². The summed E-state index contributed by atoms with van der Waals surface area (Å²) < 4.78 is 6.01. The summed E-state index contributed by atoms with van der Waals surface area (Å²) in [6.45, 7) is 3.39. The zero-order valence-electron chi connectivity index (χ0n) is 12.7. The molecule has 0 bridgehead atoms. The molecular formula is C15H15BrN2O4S. The van der Waals surface area contributed by atoms with Crippen LogP contribution in [-0.4, -0.2) is 29.1 Å². The van der Waals surface area contributed by atoms with Gasteiger partial charge in [-0.25, -0.2) is 9.78 Å². The van der Waals surface area contributed by atoms with Gasteiger partial charge in [-0.05, 0) is 32.0 Å². The summed E-state index contributed by atoms with van der Waals surface area (Å²) in [7, 11) is 1.49. The summed E-state index contributed by atoms with van der Waals surface area (Å²) in [5, 5.41) is 12.4. The van der Waals surface area contributed by atoms with Crippen molar-refractivity contribution in [2.24, 2.45) is 0 Å². The Balaban J connectivity index is 2.20. The predicted octanol–water partition coefficient (Wildman–Crippen LogP) is 3.41. The molecule has 0 fully saturated rings. The van der Waals surface area contributed by atoms with E-state index in [2.05, 4.69) is 26.2 Å². The minimum absolute atomic E-state index is 0.183. The number of hydrogen-bond donors (Lipinski definition) is 2. The van der Waals surface area contributed by atoms with E-state index >= 15 is 0 Å². The Morgan fingerprint density at radius 3 is 2.70 bits per heavy atom. The number of hydrogen-bond acceptors (Lipinski definition) is 5. The molecule has 23 heavy (non-hydrogen) atoms. The van der Waals surface area contributed by atoms with Crippen LogP contribution < -0.4 is 10.1 Å². The number of nitrogens with one attached hydrogen (secondary N) is 1. The topological polar surface area (TPSA) is 88.5 Å². The van der Waals surface area contributed by atoms with Crippen molar-refractivity contribution < 1.29 is 19.4 Å². The number of aromatic carboxylic acids is 1. The van der Waals surface area contributed by atoms with E-state index in [1.54, 1.807) is 32.0 Å². The monoisotopic (exact) mass is 398 g/mol. The van der Waals surface area contributed by atoms with E-state index in [0.717, 1.165) is 15.8 Å². The lowest BCUT2D eigenvalue weighted by Crippen LogP contribution is -2.27. The summed E-state index contributed by atoms with van der Waals surface area (Å²) in [5.74, 6) is -0.878. The van der Waals surface area contributed by atoms with Crippen molar-refractivity contribution in [2.75, 3.05) is 7.11 Å². The average Bonchev–Trinajstić information content (AvgIpc) is 2.89. The molecule has 1 aromatic carbocycles. The van der Waals surface area contributed by atoms with Crippen molar-refractivity contribution in [2.45, 2.75) is 19.9 Å². The van der Waals surface area contributed by atoms with Crippen molar-refractivity contribution in [3.8, 4) is 5.75 Å². The molecule has 1 aromatic heterocycles. The van der Waals surface area contributed by atoms with E-state index in [0.29, 0.717) is 22.0 Å². The first-order valence-electron chi connectivity index (χ1n) is 6.68. The molecule has 1 heterocycles. The smallest absolute Gasteiger partial charge is 0.347 e. The molecule has 0 aliphatic heterocycles. The van der Waals surface area contributed by atoms with Gasteiger partial charge < -0.3 is 15.2 Å². The highest BCUT2D eigenvalue weighted by Gasteiger charge is 2.21. The highest BCUT2D eigenvalue weighted by Crippen LogP contribution is 2.26. The summed E-state index contributed by atoms with van der Waals surface area (Å²) in [5.41, 5.74) is 0.842. The minimum atomic E-state index is -1.01. The van der Waals surface area contributed by atoms with E-state index in [-0.39, 0.29) is 10.8 Å². The van der Waals surface area contributed by atoms with Gasteiger partial charge in [0.05, 0.1) is 24.4 Å². The fourth-order valence-electron chi connectivity index (χ4n) is 1.99. The highest BCUT2D eigenvalue weighted by atomic mass is 79.9. The molecule has 1 amide bonds. The lowest BCUT2D eigenvalue weighted by molar-refractivity contribution is 0.0701. The van der Waals surface area contributed by atoms with Gasteiger partial charge >= 0.3 is 5.97 Å². The Morgan fingerprint density at radius 2 is 2.13 bits per heavy atom. The number of rotatable bonds is 5. The van der Waals surface area contributed by atoms with Crippen LogP contribution in [0.3, 0.4) is 0 Å². The Morgan fingerprint density at radius 1 is 1.43 bits per heavy atom. The molecule has 2 aromatic rings. The first-order valence-corrected chi connectivity index (χ1v) is 8.29. The molecule has 2 rings (SSSR count). The van der Waals surface area contributed by atoms with E-state index in [1.807, 2.05) is 0 Å². The first-order chi connectivity index (χ1) is 10.8. The van der Waals surface area contributed by atoms with Crippen molar-refractivity contribution in [3.05, 3.63) is 43.8 Å². The molecule has 122 valence electrons. The summed E-state index contributed by atoms with van der Waals surface area (Å²) in [6, 6.07) is 4.70. The van der Waals surface area contributed by atoms with Crippen LogP contribution in [0.25, 0.3) is 0 Å². The summed E-state index contributed by atoms with van der Waals surface area (Å²) in [6.07, 6.45) is 0. The SMILES string of the molecule is COc1cc(Br)ccc1C(=O)NC(C)c1nc(C)c(C(=O)O)s1. The number of methoxy groups -OCH3 is 1. The number of benzene rings is 1. The molecule has 0 saturated heterocycles. The molecule has 0 aliphatic rings. The number of ether oxygens (including phenoxy) is 1. The average molecular weight is 399 g/mol. The molecule has 1 unspecified atom stereocenters. The third kappa shape index (κ3) is 3.89. The number of carboxylic acid groups (broad SMARTS) is 1. The van der Waals surface area contributed by atoms with Crippen LogP contribution in [0.4, 0.5) is 0 Å². The van der Waals surface area contributed by atoms with E-state index in [9.17, 15) is 9.59 Å². The van der Waals surface area contributed by atoms with Crippen LogP contribution in [0.15, 0.2) is 22.7 Å². The van der Waals surface area contributed by atoms with Gasteiger partial charge in [-0.1, -0.05) is 15.9 Å². The minimum Gasteiger partial charge on any atom is -0.496 e. The van der Waals surface area contributed by atoms with Gasteiger partial charge in [-0.2, -0.15) is 0 Å². The normalized spacial score (nSPS) is 11.8. The van der Waals surface area contributed by atoms with Gasteiger partial charge in [0, 0.05) is 4.47 Å². The molecule has 1 atom stereocenters. The van der Waals surface area contributed by atoms with E-state index in [1.165, 1.54) is 7.11 Å². The Labute approximate surface area is 145 Å². The van der Waals surface area contributed by atoms with Crippen molar-refractivity contribution in [1.82, 2.24) is 10.3 Å². The van der Waals surface area contributed by atoms with Crippen LogP contribution in [0.1, 0.15) is 43.7 Å². The van der Waals surface area contributed by atoms with Gasteiger partial charge in [0.1, 0.15) is 15.6 Å². The van der Waals surface area contributed by atoms with Gasteiger partial charge in [0.15, 0.2) is 0 Å². The number of carbonyl (C=O) groups excluding carboxylic acids is 1. The number of halogens is 1. The van der Waals surface area contributed by atoms with Crippen LogP contribution in [-0.2, 0) is 0 Å². The fraction of sp³-hybridized carbons (Fsp3) is 0.267. The van der Waals surface area contributed by atoms with E-state index < -0.39 is 12.0 Å². The second kappa shape index (κ2) is 7.10. The lowest BCUT2D eigenvalue weighted by Gasteiger charge is -2.13. The van der Waals surface area contributed by atoms with Crippen molar-refractivity contribution in [1.29, 1.82) is 0 Å². The second-order valence-corrected chi connectivity index (χ2v) is 6.76. The Bertz CT molecular complexity index is 760. The van der Waals surface area contributed by atoms with Gasteiger partial charge in [0.2, 0.25) is 0 Å². The third-order valence-corrected chi connectivity index (χ3v) is 4.95. The maximum absolute atomic E-state index is 12.4. The predicted molar refractivity (Wildman–Crippen MR) is 90.4 cm³/mol. The Kier molecular flexibility index (Phi) is 5.38. The number of amides is 1. The molecule has 2 N–H and O–H groups in total. The molecule has 0 aliphatic carbocycles. The third-order valence-electron chi connectivity index (χ3n) is 3.13. The summed E-state index contributed by atoms with van der Waals surface area (Å²) >= 11 is 4.38. The van der Waals surface area contributed by atoms with E-state index in [4.69, 9.17) is 9.84 Å². The number of carboxylic acids is 1. The molecule has 0 saturated carbocycles. The molecule has 6 nitrogen and oxygen atoms in total. The number of thiazole rings is 1. The lowest BCUT2D eigenvalue weighted by atomic mass is 10.1. The second-order valence-electron chi connectivity index (χ2n) is 4.81. The number of nitrogens with zero attached hydrogens (tertiary/aromatic N) is 1. The van der Waals surface area contributed by atoms with Crippen LogP contribution in [0, 0.1) is 6.92 Å². The van der Waals surface area contributed by atoms with Gasteiger partial charge in [0.25, 0.3) is 5.91 Å². The molecular weight excluding hydrogens is 384 g/mol. The standard InChI is InChI=1S/C15H15BrN2O4S/c1-7-12(15(20)21)23-14(18-7)8(2)17-13(19)10-5-4-9(16)6-11(10)22-3/h4-6,8H,1-3H3,(H,17,19)(H,20,21). The van der Waals surface area contributed by atoms with Crippen molar-refractivity contribution in [3.63, 3.8) is 0 Å². The maximum Gasteiger partial charge on any atom is 0.347 e. The molecule has 0 radical (unpaired) electrons. The zero-order valence-corrected chi connectivity index (χ0v) is 15.1.